The first-order chi connectivity index (χ1) is 9.22. The number of non-ortho nitro benzene ring substituents is 1. The van der Waals surface area contributed by atoms with Gasteiger partial charge in [-0.2, -0.15) is 0 Å². The quantitative estimate of drug-likeness (QED) is 0.531. The highest BCUT2D eigenvalue weighted by Crippen LogP contribution is 2.22. The van der Waals surface area contributed by atoms with Gasteiger partial charge in [0.15, 0.2) is 11.5 Å². The van der Waals surface area contributed by atoms with Crippen LogP contribution in [0.5, 0.6) is 0 Å². The topological polar surface area (TPSA) is 69.2 Å². The van der Waals surface area contributed by atoms with Gasteiger partial charge in [-0.05, 0) is 11.6 Å². The zero-order valence-electron chi connectivity index (χ0n) is 9.95. The third-order valence-corrected chi connectivity index (χ3v) is 2.82. The second-order valence-corrected chi connectivity index (χ2v) is 4.18. The number of aromatic nitrogens is 1. The number of nitrogens with zero attached hydrogens (tertiary/aromatic N) is 2. The number of rotatable bonds is 3. The Kier molecular flexibility index (Phi) is 2.72. The van der Waals surface area contributed by atoms with E-state index >= 15 is 0 Å². The van der Waals surface area contributed by atoms with Crippen molar-refractivity contribution < 1.29 is 9.34 Å². The highest BCUT2D eigenvalue weighted by molar-refractivity contribution is 5.75. The zero-order chi connectivity index (χ0) is 13.2. The number of hydrogen-bond acceptors (Lipinski definition) is 4. The molecule has 0 fully saturated rings. The molecule has 5 nitrogen and oxygen atoms in total. The SMILES string of the molecule is O=[N+]([O-])c1ccc2oc(Cc3ccccc3)nc2c1. The van der Waals surface area contributed by atoms with Crippen LogP contribution in [0.4, 0.5) is 5.69 Å². The Morgan fingerprint density at radius 1 is 1.16 bits per heavy atom. The molecule has 1 heterocycles. The van der Waals surface area contributed by atoms with E-state index in [1.807, 2.05) is 30.3 Å². The van der Waals surface area contributed by atoms with E-state index in [1.54, 1.807) is 6.07 Å². The highest BCUT2D eigenvalue weighted by Gasteiger charge is 2.11. The average Bonchev–Trinajstić information content (AvgIpc) is 2.80. The summed E-state index contributed by atoms with van der Waals surface area (Å²) in [6.07, 6.45) is 0.573. The van der Waals surface area contributed by atoms with Crippen LogP contribution in [0.2, 0.25) is 0 Å². The molecule has 5 heteroatoms. The first-order valence-corrected chi connectivity index (χ1v) is 5.80. The second-order valence-electron chi connectivity index (χ2n) is 4.18. The van der Waals surface area contributed by atoms with Crippen molar-refractivity contribution in [1.82, 2.24) is 4.98 Å². The second kappa shape index (κ2) is 4.53. The Morgan fingerprint density at radius 2 is 1.95 bits per heavy atom. The Labute approximate surface area is 108 Å². The van der Waals surface area contributed by atoms with Crippen LogP contribution in [0.1, 0.15) is 11.5 Å². The van der Waals surface area contributed by atoms with Crippen molar-refractivity contribution in [3.63, 3.8) is 0 Å². The zero-order valence-corrected chi connectivity index (χ0v) is 9.95. The van der Waals surface area contributed by atoms with Gasteiger partial charge in [0.25, 0.3) is 5.69 Å². The normalized spacial score (nSPS) is 10.7. The van der Waals surface area contributed by atoms with E-state index in [0.717, 1.165) is 5.56 Å². The summed E-state index contributed by atoms with van der Waals surface area (Å²) < 4.78 is 5.57. The van der Waals surface area contributed by atoms with Crippen LogP contribution in [-0.2, 0) is 6.42 Å². The van der Waals surface area contributed by atoms with E-state index in [2.05, 4.69) is 4.98 Å². The maximum absolute atomic E-state index is 10.7. The fourth-order valence-corrected chi connectivity index (χ4v) is 1.92. The molecule has 0 unspecified atom stereocenters. The van der Waals surface area contributed by atoms with Crippen LogP contribution in [0.3, 0.4) is 0 Å². The standard InChI is InChI=1S/C14H10N2O3/c17-16(18)11-6-7-13-12(9-11)15-14(19-13)8-10-4-2-1-3-5-10/h1-7,9H,8H2. The number of nitro benzene ring substituents is 1. The number of fused-ring (bicyclic) bond motifs is 1. The molecular formula is C14H10N2O3. The predicted molar refractivity (Wildman–Crippen MR) is 69.9 cm³/mol. The third kappa shape index (κ3) is 2.30. The molecule has 0 spiro atoms. The van der Waals surface area contributed by atoms with Crippen LogP contribution in [0.25, 0.3) is 11.1 Å². The van der Waals surface area contributed by atoms with Crippen molar-refractivity contribution >= 4 is 16.8 Å². The first-order valence-electron chi connectivity index (χ1n) is 5.80. The molecule has 0 aliphatic rings. The molecule has 0 aliphatic heterocycles. The van der Waals surface area contributed by atoms with Gasteiger partial charge in [0.05, 0.1) is 4.92 Å². The summed E-state index contributed by atoms with van der Waals surface area (Å²) in [4.78, 5) is 14.5. The largest absolute Gasteiger partial charge is 0.440 e. The maximum Gasteiger partial charge on any atom is 0.271 e. The van der Waals surface area contributed by atoms with Gasteiger partial charge in [0.2, 0.25) is 0 Å². The van der Waals surface area contributed by atoms with Gasteiger partial charge in [-0.25, -0.2) is 4.98 Å². The van der Waals surface area contributed by atoms with Gasteiger partial charge in [0, 0.05) is 18.6 Å². The lowest BCUT2D eigenvalue weighted by molar-refractivity contribution is -0.384. The lowest BCUT2D eigenvalue weighted by Gasteiger charge is -1.94. The van der Waals surface area contributed by atoms with E-state index in [9.17, 15) is 10.1 Å². The summed E-state index contributed by atoms with van der Waals surface area (Å²) in [5.41, 5.74) is 2.19. The van der Waals surface area contributed by atoms with Crippen molar-refractivity contribution in [1.29, 1.82) is 0 Å². The molecule has 0 bridgehead atoms. The minimum absolute atomic E-state index is 0.0204. The molecule has 0 radical (unpaired) electrons. The summed E-state index contributed by atoms with van der Waals surface area (Å²) >= 11 is 0. The van der Waals surface area contributed by atoms with Crippen molar-refractivity contribution in [3.8, 4) is 0 Å². The molecule has 3 aromatic rings. The molecule has 0 saturated heterocycles. The lowest BCUT2D eigenvalue weighted by Crippen LogP contribution is -1.87. The molecule has 0 N–H and O–H groups in total. The Balaban J connectivity index is 1.95. The number of hydrogen-bond donors (Lipinski definition) is 0. The summed E-state index contributed by atoms with van der Waals surface area (Å²) in [5, 5.41) is 10.7. The van der Waals surface area contributed by atoms with Crippen LogP contribution in [-0.4, -0.2) is 9.91 Å². The molecule has 0 saturated carbocycles. The lowest BCUT2D eigenvalue weighted by atomic mass is 10.1. The van der Waals surface area contributed by atoms with E-state index < -0.39 is 4.92 Å². The molecule has 19 heavy (non-hydrogen) atoms. The van der Waals surface area contributed by atoms with E-state index in [1.165, 1.54) is 12.1 Å². The first kappa shape index (κ1) is 11.4. The van der Waals surface area contributed by atoms with Gasteiger partial charge in [-0.1, -0.05) is 30.3 Å². The summed E-state index contributed by atoms with van der Waals surface area (Å²) in [6.45, 7) is 0. The van der Waals surface area contributed by atoms with Crippen molar-refractivity contribution in [2.24, 2.45) is 0 Å². The van der Waals surface area contributed by atoms with Crippen molar-refractivity contribution in [3.05, 3.63) is 70.1 Å². The molecule has 1 aromatic heterocycles. The molecule has 0 aliphatic carbocycles. The van der Waals surface area contributed by atoms with Gasteiger partial charge in [-0.15, -0.1) is 0 Å². The maximum atomic E-state index is 10.7. The van der Waals surface area contributed by atoms with E-state index in [0.29, 0.717) is 23.4 Å². The number of oxazole rings is 1. The average molecular weight is 254 g/mol. The molecule has 2 aromatic carbocycles. The molecule has 0 atom stereocenters. The molecule has 94 valence electrons. The summed E-state index contributed by atoms with van der Waals surface area (Å²) in [7, 11) is 0. The number of benzene rings is 2. The summed E-state index contributed by atoms with van der Waals surface area (Å²) in [5.74, 6) is 0.557. The van der Waals surface area contributed by atoms with Gasteiger partial charge >= 0.3 is 0 Å². The highest BCUT2D eigenvalue weighted by atomic mass is 16.6. The van der Waals surface area contributed by atoms with E-state index in [4.69, 9.17) is 4.42 Å². The van der Waals surface area contributed by atoms with Crippen LogP contribution in [0, 0.1) is 10.1 Å². The third-order valence-electron chi connectivity index (χ3n) is 2.82. The van der Waals surface area contributed by atoms with Crippen LogP contribution in [0.15, 0.2) is 52.9 Å². The molecule has 0 amide bonds. The number of nitro groups is 1. The Bertz CT molecular complexity index is 735. The van der Waals surface area contributed by atoms with Gasteiger partial charge < -0.3 is 4.42 Å². The minimum atomic E-state index is -0.439. The molecular weight excluding hydrogens is 244 g/mol. The monoisotopic (exact) mass is 254 g/mol. The molecule has 3 rings (SSSR count). The van der Waals surface area contributed by atoms with Crippen LogP contribution < -0.4 is 0 Å². The fraction of sp³-hybridized carbons (Fsp3) is 0.0714. The van der Waals surface area contributed by atoms with Crippen molar-refractivity contribution in [2.75, 3.05) is 0 Å². The fourth-order valence-electron chi connectivity index (χ4n) is 1.92. The summed E-state index contributed by atoms with van der Waals surface area (Å²) in [6, 6.07) is 14.2. The Morgan fingerprint density at radius 3 is 2.68 bits per heavy atom. The Hall–Kier alpha value is -2.69. The smallest absolute Gasteiger partial charge is 0.271 e. The van der Waals surface area contributed by atoms with E-state index in [-0.39, 0.29) is 5.69 Å². The van der Waals surface area contributed by atoms with Gasteiger partial charge in [-0.3, -0.25) is 10.1 Å². The van der Waals surface area contributed by atoms with Gasteiger partial charge in [0.1, 0.15) is 5.52 Å². The minimum Gasteiger partial charge on any atom is -0.440 e. The van der Waals surface area contributed by atoms with Crippen molar-refractivity contribution in [2.45, 2.75) is 6.42 Å². The van der Waals surface area contributed by atoms with Crippen LogP contribution >= 0.6 is 0 Å². The predicted octanol–water partition coefficient (Wildman–Crippen LogP) is 3.33.